The molecule has 1 heterocycles. The number of nitrogens with two attached hydrogens (primary N) is 1. The lowest BCUT2D eigenvalue weighted by Gasteiger charge is -2.12. The molecule has 1 amide bonds. The average Bonchev–Trinajstić information content (AvgIpc) is 2.26. The first kappa shape index (κ1) is 12.2. The summed E-state index contributed by atoms with van der Waals surface area (Å²) < 4.78 is 34.8. The predicted octanol–water partition coefficient (Wildman–Crippen LogP) is 1.14. The van der Waals surface area contributed by atoms with Gasteiger partial charge in [0.2, 0.25) is 0 Å². The molecule has 0 aliphatic carbocycles. The Labute approximate surface area is 90.2 Å². The van der Waals surface area contributed by atoms with Crippen LogP contribution < -0.4 is 15.2 Å². The summed E-state index contributed by atoms with van der Waals surface area (Å²) in [5, 5.41) is 0. The molecular formula is C9H10F2N2O3. The smallest absolute Gasteiger partial charge is 0.284 e. The van der Waals surface area contributed by atoms with E-state index in [0.29, 0.717) is 0 Å². The van der Waals surface area contributed by atoms with Crippen LogP contribution in [0.5, 0.6) is 11.5 Å². The van der Waals surface area contributed by atoms with E-state index in [1.807, 2.05) is 0 Å². The second kappa shape index (κ2) is 4.73. The fraction of sp³-hybridized carbons (Fsp3) is 0.333. The van der Waals surface area contributed by atoms with Crippen LogP contribution >= 0.6 is 0 Å². The van der Waals surface area contributed by atoms with Gasteiger partial charge in [-0.2, -0.15) is 0 Å². The predicted molar refractivity (Wildman–Crippen MR) is 50.8 cm³/mol. The largest absolute Gasteiger partial charge is 0.493 e. The molecule has 0 unspecified atom stereocenters. The quantitative estimate of drug-likeness (QED) is 0.844. The minimum absolute atomic E-state index is 0.0124. The maximum absolute atomic E-state index is 12.6. The van der Waals surface area contributed by atoms with Crippen molar-refractivity contribution < 1.29 is 23.0 Å². The molecule has 1 rings (SSSR count). The number of amides is 1. The van der Waals surface area contributed by atoms with Crippen LogP contribution in [0.3, 0.4) is 0 Å². The van der Waals surface area contributed by atoms with Gasteiger partial charge in [-0.1, -0.05) is 0 Å². The van der Waals surface area contributed by atoms with Crippen molar-refractivity contribution in [1.82, 2.24) is 4.98 Å². The third kappa shape index (κ3) is 2.18. The molecule has 0 atom stereocenters. The number of nitrogens with zero attached hydrogens (tertiary/aromatic N) is 1. The van der Waals surface area contributed by atoms with E-state index in [1.54, 1.807) is 0 Å². The van der Waals surface area contributed by atoms with E-state index in [2.05, 4.69) is 4.98 Å². The lowest BCUT2D eigenvalue weighted by molar-refractivity contribution is 0.0992. The summed E-state index contributed by atoms with van der Waals surface area (Å²) in [6, 6.07) is 1.15. The Balaban J connectivity index is 3.43. The standard InChI is InChI=1S/C9H10F2N2O3/c1-15-5-3-4(9(12)14)13-6(8(10)11)7(5)16-2/h3,8H,1-2H3,(H2,12,14). The number of hydrogen-bond acceptors (Lipinski definition) is 4. The molecule has 0 spiro atoms. The average molecular weight is 232 g/mol. The third-order valence-corrected chi connectivity index (χ3v) is 1.85. The van der Waals surface area contributed by atoms with Crippen LogP contribution in [0.15, 0.2) is 6.07 Å². The SMILES string of the molecule is COc1cc(C(N)=O)nc(C(F)F)c1OC. The highest BCUT2D eigenvalue weighted by molar-refractivity contribution is 5.91. The molecule has 1 aromatic heterocycles. The van der Waals surface area contributed by atoms with Gasteiger partial charge in [-0.25, -0.2) is 13.8 Å². The van der Waals surface area contributed by atoms with Crippen LogP contribution in [0.2, 0.25) is 0 Å². The molecule has 0 saturated carbocycles. The van der Waals surface area contributed by atoms with Crippen molar-refractivity contribution in [1.29, 1.82) is 0 Å². The molecule has 1 aromatic rings. The Bertz CT molecular complexity index is 410. The molecule has 0 radical (unpaired) electrons. The lowest BCUT2D eigenvalue weighted by Crippen LogP contribution is -2.15. The van der Waals surface area contributed by atoms with E-state index < -0.39 is 18.0 Å². The number of pyridine rings is 1. The highest BCUT2D eigenvalue weighted by atomic mass is 19.3. The third-order valence-electron chi connectivity index (χ3n) is 1.85. The monoisotopic (exact) mass is 232 g/mol. The highest BCUT2D eigenvalue weighted by Crippen LogP contribution is 2.35. The molecule has 88 valence electrons. The maximum Gasteiger partial charge on any atom is 0.284 e. The summed E-state index contributed by atoms with van der Waals surface area (Å²) in [6.45, 7) is 0. The van der Waals surface area contributed by atoms with Gasteiger partial charge in [0.1, 0.15) is 5.69 Å². The molecule has 0 aliphatic heterocycles. The van der Waals surface area contributed by atoms with Crippen molar-refractivity contribution in [3.05, 3.63) is 17.5 Å². The zero-order valence-corrected chi connectivity index (χ0v) is 8.66. The van der Waals surface area contributed by atoms with E-state index in [0.717, 1.165) is 6.07 Å². The van der Waals surface area contributed by atoms with Gasteiger partial charge in [0.15, 0.2) is 17.2 Å². The van der Waals surface area contributed by atoms with Crippen LogP contribution in [0, 0.1) is 0 Å². The Hall–Kier alpha value is -1.92. The van der Waals surface area contributed by atoms with E-state index in [9.17, 15) is 13.6 Å². The van der Waals surface area contributed by atoms with Gasteiger partial charge in [0.25, 0.3) is 12.3 Å². The molecule has 0 aromatic carbocycles. The molecule has 5 nitrogen and oxygen atoms in total. The fourth-order valence-corrected chi connectivity index (χ4v) is 1.16. The van der Waals surface area contributed by atoms with Crippen LogP contribution in [0.4, 0.5) is 8.78 Å². The molecule has 0 aliphatic rings. The van der Waals surface area contributed by atoms with Crippen molar-refractivity contribution in [3.63, 3.8) is 0 Å². The number of hydrogen-bond donors (Lipinski definition) is 1. The summed E-state index contributed by atoms with van der Waals surface area (Å²) in [4.78, 5) is 14.3. The van der Waals surface area contributed by atoms with Gasteiger partial charge < -0.3 is 15.2 Å². The molecule has 2 N–H and O–H groups in total. The molecule has 0 bridgehead atoms. The number of aromatic nitrogens is 1. The van der Waals surface area contributed by atoms with Crippen LogP contribution in [0.1, 0.15) is 22.6 Å². The zero-order valence-electron chi connectivity index (χ0n) is 8.66. The number of alkyl halides is 2. The second-order valence-corrected chi connectivity index (χ2v) is 2.79. The number of carbonyl (C=O) groups is 1. The maximum atomic E-state index is 12.6. The van der Waals surface area contributed by atoms with Gasteiger partial charge in [-0.3, -0.25) is 4.79 Å². The van der Waals surface area contributed by atoms with Gasteiger partial charge in [-0.05, 0) is 0 Å². The molecule has 0 fully saturated rings. The van der Waals surface area contributed by atoms with E-state index in [-0.39, 0.29) is 17.2 Å². The summed E-state index contributed by atoms with van der Waals surface area (Å²) in [5.74, 6) is -1.13. The van der Waals surface area contributed by atoms with Crippen molar-refractivity contribution in [2.24, 2.45) is 5.73 Å². The number of halogens is 2. The molecular weight excluding hydrogens is 222 g/mol. The van der Waals surface area contributed by atoms with Crippen molar-refractivity contribution in [2.75, 3.05) is 14.2 Å². The number of methoxy groups -OCH3 is 2. The normalized spacial score (nSPS) is 10.3. The highest BCUT2D eigenvalue weighted by Gasteiger charge is 2.22. The second-order valence-electron chi connectivity index (χ2n) is 2.79. The molecule has 16 heavy (non-hydrogen) atoms. The molecule has 0 saturated heterocycles. The Morgan fingerprint density at radius 2 is 2.06 bits per heavy atom. The first-order valence-electron chi connectivity index (χ1n) is 4.22. The van der Waals surface area contributed by atoms with Gasteiger partial charge >= 0.3 is 0 Å². The summed E-state index contributed by atoms with van der Waals surface area (Å²) in [6.07, 6.45) is -2.89. The Morgan fingerprint density at radius 1 is 1.44 bits per heavy atom. The van der Waals surface area contributed by atoms with Crippen molar-refractivity contribution in [3.8, 4) is 11.5 Å². The van der Waals surface area contributed by atoms with E-state index >= 15 is 0 Å². The minimum atomic E-state index is -2.89. The van der Waals surface area contributed by atoms with E-state index in [4.69, 9.17) is 15.2 Å². The van der Waals surface area contributed by atoms with Crippen LogP contribution in [-0.2, 0) is 0 Å². The molecule has 7 heteroatoms. The Morgan fingerprint density at radius 3 is 2.44 bits per heavy atom. The number of carbonyl (C=O) groups excluding carboxylic acids is 1. The first-order chi connectivity index (χ1) is 7.51. The lowest BCUT2D eigenvalue weighted by atomic mass is 10.2. The minimum Gasteiger partial charge on any atom is -0.493 e. The summed E-state index contributed by atoms with van der Waals surface area (Å²) >= 11 is 0. The number of primary amides is 1. The van der Waals surface area contributed by atoms with Gasteiger partial charge in [0.05, 0.1) is 14.2 Å². The van der Waals surface area contributed by atoms with Gasteiger partial charge in [0, 0.05) is 6.07 Å². The fourth-order valence-electron chi connectivity index (χ4n) is 1.16. The van der Waals surface area contributed by atoms with E-state index in [1.165, 1.54) is 14.2 Å². The van der Waals surface area contributed by atoms with Crippen LogP contribution in [-0.4, -0.2) is 25.1 Å². The summed E-state index contributed by atoms with van der Waals surface area (Å²) in [5.41, 5.74) is 3.99. The topological polar surface area (TPSA) is 74.4 Å². The number of ether oxygens (including phenoxy) is 2. The van der Waals surface area contributed by atoms with Crippen molar-refractivity contribution in [2.45, 2.75) is 6.43 Å². The number of rotatable bonds is 4. The van der Waals surface area contributed by atoms with Crippen molar-refractivity contribution >= 4 is 5.91 Å². The van der Waals surface area contributed by atoms with Gasteiger partial charge in [-0.15, -0.1) is 0 Å². The Kier molecular flexibility index (Phi) is 3.60. The first-order valence-corrected chi connectivity index (χ1v) is 4.22. The van der Waals surface area contributed by atoms with Crippen LogP contribution in [0.25, 0.3) is 0 Å². The zero-order chi connectivity index (χ0) is 12.3. The summed E-state index contributed by atoms with van der Waals surface area (Å²) in [7, 11) is 2.47.